The maximum Gasteiger partial charge on any atom is 0.302 e. The molecule has 5 nitrogen and oxygen atoms in total. The number of benzene rings is 1. The minimum absolute atomic E-state index is 0.00880. The van der Waals surface area contributed by atoms with E-state index in [1.54, 1.807) is 12.1 Å². The Bertz CT molecular complexity index is 501. The van der Waals surface area contributed by atoms with Crippen LogP contribution in [0.1, 0.15) is 51.3 Å². The van der Waals surface area contributed by atoms with Crippen LogP contribution in [-0.4, -0.2) is 17.0 Å². The van der Waals surface area contributed by atoms with E-state index < -0.39 is 11.9 Å². The van der Waals surface area contributed by atoms with Gasteiger partial charge in [0.25, 0.3) is 0 Å². The van der Waals surface area contributed by atoms with E-state index in [4.69, 9.17) is 9.47 Å². The molecule has 0 atom stereocenters. The molecule has 0 saturated carbocycles. The van der Waals surface area contributed by atoms with E-state index in [2.05, 4.69) is 0 Å². The lowest BCUT2D eigenvalue weighted by atomic mass is 9.85. The molecule has 0 unspecified atom stereocenters. The van der Waals surface area contributed by atoms with Gasteiger partial charge in [-0.2, -0.15) is 0 Å². The smallest absolute Gasteiger partial charge is 0.302 e. The molecule has 1 rings (SSSR count). The van der Waals surface area contributed by atoms with Crippen molar-refractivity contribution < 1.29 is 24.2 Å². The first kappa shape index (κ1) is 17.0. The second kappa shape index (κ2) is 6.61. The molecule has 0 fully saturated rings. The number of aromatic hydroxyl groups is 1. The van der Waals surface area contributed by atoms with Crippen LogP contribution in [0.25, 0.3) is 0 Å². The summed E-state index contributed by atoms with van der Waals surface area (Å²) in [6, 6.07) is 3.60. The van der Waals surface area contributed by atoms with E-state index in [1.165, 1.54) is 13.8 Å². The molecule has 0 radical (unpaired) electrons. The summed E-state index contributed by atoms with van der Waals surface area (Å²) < 4.78 is 9.90. The van der Waals surface area contributed by atoms with Crippen molar-refractivity contribution >= 4 is 11.9 Å². The second-order valence-electron chi connectivity index (χ2n) is 5.95. The summed E-state index contributed by atoms with van der Waals surface area (Å²) in [4.78, 5) is 21.9. The minimum Gasteiger partial charge on any atom is -0.507 e. The van der Waals surface area contributed by atoms with Crippen molar-refractivity contribution in [1.82, 2.24) is 0 Å². The molecule has 0 aliphatic heterocycles. The molecule has 0 heterocycles. The molecule has 5 heteroatoms. The van der Waals surface area contributed by atoms with Gasteiger partial charge in [0.05, 0.1) is 0 Å². The summed E-state index contributed by atoms with van der Waals surface area (Å²) in [7, 11) is 0. The quantitative estimate of drug-likeness (QED) is 0.864. The average molecular weight is 294 g/mol. The lowest BCUT2D eigenvalue weighted by molar-refractivity contribution is -0.142. The normalized spacial score (nSPS) is 11.1. The van der Waals surface area contributed by atoms with Crippen molar-refractivity contribution in [2.75, 3.05) is 0 Å². The van der Waals surface area contributed by atoms with Gasteiger partial charge in [0.2, 0.25) is 0 Å². The Balaban J connectivity index is 3.18. The first-order valence-corrected chi connectivity index (χ1v) is 6.73. The summed E-state index contributed by atoms with van der Waals surface area (Å²) in [6.07, 6.45) is 0. The second-order valence-corrected chi connectivity index (χ2v) is 5.95. The number of phenolic OH excluding ortho intramolecular Hbond substituents is 1. The van der Waals surface area contributed by atoms with Crippen LogP contribution in [0.15, 0.2) is 12.1 Å². The number of rotatable bonds is 4. The zero-order valence-corrected chi connectivity index (χ0v) is 13.1. The lowest BCUT2D eigenvalue weighted by Crippen LogP contribution is -2.13. The zero-order chi connectivity index (χ0) is 16.2. The molecule has 0 bridgehead atoms. The maximum atomic E-state index is 10.9. The van der Waals surface area contributed by atoms with Crippen LogP contribution in [-0.2, 0) is 37.7 Å². The Morgan fingerprint density at radius 2 is 1.38 bits per heavy atom. The summed E-state index contributed by atoms with van der Waals surface area (Å²) in [5.74, 6) is -0.848. The van der Waals surface area contributed by atoms with Crippen LogP contribution < -0.4 is 0 Å². The van der Waals surface area contributed by atoms with Crippen LogP contribution >= 0.6 is 0 Å². The molecule has 1 aromatic carbocycles. The van der Waals surface area contributed by atoms with Gasteiger partial charge >= 0.3 is 11.9 Å². The average Bonchev–Trinajstić information content (AvgIpc) is 2.34. The fourth-order valence-electron chi connectivity index (χ4n) is 1.77. The zero-order valence-electron chi connectivity index (χ0n) is 13.1. The SMILES string of the molecule is CC(=O)OCc1cc(C(C)(C)C)cc(COC(C)=O)c1O. The monoisotopic (exact) mass is 294 g/mol. The van der Waals surface area contributed by atoms with Crippen LogP contribution in [0.2, 0.25) is 0 Å². The molecule has 1 N–H and O–H groups in total. The van der Waals surface area contributed by atoms with Gasteiger partial charge < -0.3 is 14.6 Å². The van der Waals surface area contributed by atoms with Crippen LogP contribution in [0, 0.1) is 0 Å². The van der Waals surface area contributed by atoms with Crippen molar-refractivity contribution in [2.24, 2.45) is 0 Å². The molecule has 0 saturated heterocycles. The van der Waals surface area contributed by atoms with Gasteiger partial charge in [-0.25, -0.2) is 0 Å². The van der Waals surface area contributed by atoms with Gasteiger partial charge in [-0.3, -0.25) is 9.59 Å². The van der Waals surface area contributed by atoms with Gasteiger partial charge in [-0.05, 0) is 23.1 Å². The number of carbonyl (C=O) groups is 2. The Kier molecular flexibility index (Phi) is 5.35. The Morgan fingerprint density at radius 3 is 1.67 bits per heavy atom. The predicted molar refractivity (Wildman–Crippen MR) is 77.7 cm³/mol. The number of esters is 2. The van der Waals surface area contributed by atoms with Crippen molar-refractivity contribution in [3.05, 3.63) is 28.8 Å². The number of ether oxygens (including phenoxy) is 2. The Labute approximate surface area is 124 Å². The minimum atomic E-state index is -0.419. The first-order chi connectivity index (χ1) is 9.61. The van der Waals surface area contributed by atoms with Gasteiger partial charge in [0, 0.05) is 25.0 Å². The van der Waals surface area contributed by atoms with E-state index in [1.807, 2.05) is 20.8 Å². The van der Waals surface area contributed by atoms with Crippen molar-refractivity contribution in [3.8, 4) is 5.75 Å². The summed E-state index contributed by atoms with van der Waals surface area (Å²) in [6.45, 7) is 8.69. The Morgan fingerprint density at radius 1 is 1.00 bits per heavy atom. The molecule has 1 aromatic rings. The molecule has 0 aliphatic rings. The van der Waals surface area contributed by atoms with E-state index in [0.717, 1.165) is 5.56 Å². The number of hydrogen-bond acceptors (Lipinski definition) is 5. The van der Waals surface area contributed by atoms with E-state index >= 15 is 0 Å². The van der Waals surface area contributed by atoms with Gasteiger partial charge in [0.15, 0.2) is 0 Å². The van der Waals surface area contributed by atoms with Crippen LogP contribution in [0.4, 0.5) is 0 Å². The highest BCUT2D eigenvalue weighted by Crippen LogP contribution is 2.32. The molecule has 0 aliphatic carbocycles. The van der Waals surface area contributed by atoms with Crippen molar-refractivity contribution in [2.45, 2.75) is 53.2 Å². The van der Waals surface area contributed by atoms with Crippen molar-refractivity contribution in [1.29, 1.82) is 0 Å². The first-order valence-electron chi connectivity index (χ1n) is 6.73. The highest BCUT2D eigenvalue weighted by molar-refractivity contribution is 5.66. The summed E-state index contributed by atoms with van der Waals surface area (Å²) in [5.41, 5.74) is 1.81. The van der Waals surface area contributed by atoms with Crippen LogP contribution in [0.5, 0.6) is 5.75 Å². The third kappa shape index (κ3) is 5.10. The molecule has 116 valence electrons. The van der Waals surface area contributed by atoms with E-state index in [9.17, 15) is 14.7 Å². The third-order valence-corrected chi connectivity index (χ3v) is 3.00. The largest absolute Gasteiger partial charge is 0.507 e. The summed E-state index contributed by atoms with van der Waals surface area (Å²) in [5, 5.41) is 10.2. The molecule has 21 heavy (non-hydrogen) atoms. The van der Waals surface area contributed by atoms with Crippen LogP contribution in [0.3, 0.4) is 0 Å². The van der Waals surface area contributed by atoms with Gasteiger partial charge in [-0.15, -0.1) is 0 Å². The highest BCUT2D eigenvalue weighted by atomic mass is 16.5. The molecular formula is C16H22O5. The van der Waals surface area contributed by atoms with E-state index in [0.29, 0.717) is 11.1 Å². The maximum absolute atomic E-state index is 10.9. The van der Waals surface area contributed by atoms with Gasteiger partial charge in [0.1, 0.15) is 19.0 Å². The molecule has 0 aromatic heterocycles. The van der Waals surface area contributed by atoms with Crippen molar-refractivity contribution in [3.63, 3.8) is 0 Å². The van der Waals surface area contributed by atoms with Gasteiger partial charge in [-0.1, -0.05) is 20.8 Å². The molecule has 0 amide bonds. The third-order valence-electron chi connectivity index (χ3n) is 3.00. The predicted octanol–water partition coefficient (Wildman–Crippen LogP) is 2.82. The lowest BCUT2D eigenvalue weighted by Gasteiger charge is -2.22. The Hall–Kier alpha value is -2.04. The highest BCUT2D eigenvalue weighted by Gasteiger charge is 2.19. The summed E-state index contributed by atoms with van der Waals surface area (Å²) >= 11 is 0. The molecule has 0 spiro atoms. The fourth-order valence-corrected chi connectivity index (χ4v) is 1.77. The molecular weight excluding hydrogens is 272 g/mol. The number of carbonyl (C=O) groups excluding carboxylic acids is 2. The number of phenols is 1. The van der Waals surface area contributed by atoms with E-state index in [-0.39, 0.29) is 24.4 Å². The number of hydrogen-bond donors (Lipinski definition) is 1. The fraction of sp³-hybridized carbons (Fsp3) is 0.500. The topological polar surface area (TPSA) is 72.8 Å². The standard InChI is InChI=1S/C16H22O5/c1-10(17)20-8-12-6-14(16(3,4)5)7-13(15(12)19)9-21-11(2)18/h6-7,19H,8-9H2,1-5H3.